The van der Waals surface area contributed by atoms with Crippen LogP contribution < -0.4 is 15.5 Å². The van der Waals surface area contributed by atoms with Crippen LogP contribution in [0.2, 0.25) is 0 Å². The summed E-state index contributed by atoms with van der Waals surface area (Å²) in [5, 5.41) is 6.30. The number of pyridine rings is 1. The van der Waals surface area contributed by atoms with Crippen molar-refractivity contribution in [3.05, 3.63) is 18.3 Å². The van der Waals surface area contributed by atoms with Crippen LogP contribution in [0.25, 0.3) is 0 Å². The molecule has 22 heavy (non-hydrogen) atoms. The third-order valence-electron chi connectivity index (χ3n) is 4.46. The molecule has 1 amide bonds. The smallest absolute Gasteiger partial charge is 0.244 e. The summed E-state index contributed by atoms with van der Waals surface area (Å²) in [5.41, 5.74) is 0.275. The van der Waals surface area contributed by atoms with E-state index < -0.39 is 5.54 Å². The first-order valence-electron chi connectivity index (χ1n) is 8.03. The van der Waals surface area contributed by atoms with E-state index in [4.69, 9.17) is 4.74 Å². The van der Waals surface area contributed by atoms with Gasteiger partial charge in [0.25, 0.3) is 0 Å². The van der Waals surface area contributed by atoms with Gasteiger partial charge >= 0.3 is 0 Å². The standard InChI is InChI=1S/C16H24N4O2/c1-16(6-2-3-7-18-16)15(21)19-13-4-5-14(17-12-13)20-8-10-22-11-9-20/h4-5,12,18H,2-3,6-11H2,1H3,(H,19,21). The molecule has 120 valence electrons. The van der Waals surface area contributed by atoms with Crippen molar-refractivity contribution < 1.29 is 9.53 Å². The number of rotatable bonds is 3. The monoisotopic (exact) mass is 304 g/mol. The lowest BCUT2D eigenvalue weighted by molar-refractivity contribution is -0.122. The fraction of sp³-hybridized carbons (Fsp3) is 0.625. The summed E-state index contributed by atoms with van der Waals surface area (Å²) in [6, 6.07) is 3.87. The molecular weight excluding hydrogens is 280 g/mol. The molecule has 0 aromatic carbocycles. The second kappa shape index (κ2) is 6.62. The van der Waals surface area contributed by atoms with Crippen LogP contribution in [0.5, 0.6) is 0 Å². The number of ether oxygens (including phenoxy) is 1. The molecule has 2 fully saturated rings. The lowest BCUT2D eigenvalue weighted by Gasteiger charge is -2.33. The summed E-state index contributed by atoms with van der Waals surface area (Å²) < 4.78 is 5.34. The lowest BCUT2D eigenvalue weighted by Crippen LogP contribution is -2.54. The molecular formula is C16H24N4O2. The maximum atomic E-state index is 12.4. The highest BCUT2D eigenvalue weighted by molar-refractivity contribution is 5.97. The topological polar surface area (TPSA) is 66.5 Å². The SMILES string of the molecule is CC1(C(=O)Nc2ccc(N3CCOCC3)nc2)CCCCN1. The Morgan fingerprint density at radius 2 is 2.18 bits per heavy atom. The maximum Gasteiger partial charge on any atom is 0.244 e. The van der Waals surface area contributed by atoms with E-state index in [9.17, 15) is 4.79 Å². The van der Waals surface area contributed by atoms with E-state index in [1.165, 1.54) is 0 Å². The Hall–Kier alpha value is -1.66. The number of nitrogens with one attached hydrogen (secondary N) is 2. The summed E-state index contributed by atoms with van der Waals surface area (Å²) in [4.78, 5) is 19.1. The van der Waals surface area contributed by atoms with Gasteiger partial charge in [-0.25, -0.2) is 4.98 Å². The molecule has 2 aliphatic heterocycles. The van der Waals surface area contributed by atoms with Gasteiger partial charge in [-0.15, -0.1) is 0 Å². The molecule has 0 spiro atoms. The molecule has 0 aliphatic carbocycles. The Bertz CT molecular complexity index is 505. The van der Waals surface area contributed by atoms with Crippen LogP contribution in [0, 0.1) is 0 Å². The number of anilines is 2. The Morgan fingerprint density at radius 1 is 1.36 bits per heavy atom. The van der Waals surface area contributed by atoms with Gasteiger partial charge < -0.3 is 20.3 Å². The molecule has 0 saturated carbocycles. The number of nitrogens with zero attached hydrogens (tertiary/aromatic N) is 2. The molecule has 2 saturated heterocycles. The molecule has 0 bridgehead atoms. The first-order valence-corrected chi connectivity index (χ1v) is 8.03. The number of hydrogen-bond donors (Lipinski definition) is 2. The molecule has 1 unspecified atom stereocenters. The number of morpholine rings is 1. The minimum absolute atomic E-state index is 0.0214. The van der Waals surface area contributed by atoms with Crippen molar-refractivity contribution in [2.24, 2.45) is 0 Å². The van der Waals surface area contributed by atoms with Crippen molar-refractivity contribution in [3.63, 3.8) is 0 Å². The van der Waals surface area contributed by atoms with E-state index in [-0.39, 0.29) is 5.91 Å². The van der Waals surface area contributed by atoms with Gasteiger partial charge in [0.15, 0.2) is 0 Å². The van der Waals surface area contributed by atoms with Crippen LogP contribution in [0.1, 0.15) is 26.2 Å². The van der Waals surface area contributed by atoms with E-state index in [0.29, 0.717) is 0 Å². The van der Waals surface area contributed by atoms with Crippen molar-refractivity contribution in [1.82, 2.24) is 10.3 Å². The number of hydrogen-bond acceptors (Lipinski definition) is 5. The molecule has 3 heterocycles. The van der Waals surface area contributed by atoms with Gasteiger partial charge in [0, 0.05) is 13.1 Å². The van der Waals surface area contributed by atoms with Gasteiger partial charge in [0.05, 0.1) is 30.6 Å². The molecule has 6 nitrogen and oxygen atoms in total. The number of carbonyl (C=O) groups excluding carboxylic acids is 1. The molecule has 1 aromatic heterocycles. The normalized spacial score (nSPS) is 25.8. The summed E-state index contributed by atoms with van der Waals surface area (Å²) in [6.45, 7) is 6.07. The van der Waals surface area contributed by atoms with Crippen LogP contribution >= 0.6 is 0 Å². The summed E-state index contributed by atoms with van der Waals surface area (Å²) in [5.74, 6) is 0.955. The quantitative estimate of drug-likeness (QED) is 0.883. The van der Waals surface area contributed by atoms with E-state index in [1.54, 1.807) is 6.20 Å². The summed E-state index contributed by atoms with van der Waals surface area (Å²) in [6.07, 6.45) is 4.83. The first kappa shape index (κ1) is 15.2. The second-order valence-corrected chi connectivity index (χ2v) is 6.17. The highest BCUT2D eigenvalue weighted by atomic mass is 16.5. The van der Waals surface area contributed by atoms with Crippen molar-refractivity contribution >= 4 is 17.4 Å². The second-order valence-electron chi connectivity index (χ2n) is 6.17. The number of piperidine rings is 1. The minimum Gasteiger partial charge on any atom is -0.378 e. The Morgan fingerprint density at radius 3 is 2.82 bits per heavy atom. The van der Waals surface area contributed by atoms with Gasteiger partial charge in [-0.2, -0.15) is 0 Å². The van der Waals surface area contributed by atoms with E-state index in [0.717, 1.165) is 63.6 Å². The Balaban J connectivity index is 1.61. The zero-order valence-electron chi connectivity index (χ0n) is 13.1. The van der Waals surface area contributed by atoms with Crippen LogP contribution in [-0.4, -0.2) is 49.3 Å². The van der Waals surface area contributed by atoms with Crippen LogP contribution in [0.3, 0.4) is 0 Å². The van der Waals surface area contributed by atoms with Gasteiger partial charge in [0.1, 0.15) is 5.82 Å². The number of aromatic nitrogens is 1. The fourth-order valence-electron chi connectivity index (χ4n) is 2.96. The van der Waals surface area contributed by atoms with E-state index in [1.807, 2.05) is 19.1 Å². The van der Waals surface area contributed by atoms with E-state index in [2.05, 4.69) is 20.5 Å². The van der Waals surface area contributed by atoms with Crippen molar-refractivity contribution in [1.29, 1.82) is 0 Å². The number of carbonyl (C=O) groups is 1. The molecule has 2 N–H and O–H groups in total. The van der Waals surface area contributed by atoms with Gasteiger partial charge in [-0.05, 0) is 44.9 Å². The van der Waals surface area contributed by atoms with Gasteiger partial charge in [0.2, 0.25) is 5.91 Å². The van der Waals surface area contributed by atoms with Gasteiger partial charge in [-0.3, -0.25) is 4.79 Å². The predicted octanol–water partition coefficient (Wildman–Crippen LogP) is 1.39. The molecule has 6 heteroatoms. The molecule has 0 radical (unpaired) electrons. The highest BCUT2D eigenvalue weighted by Gasteiger charge is 2.34. The maximum absolute atomic E-state index is 12.4. The van der Waals surface area contributed by atoms with Crippen LogP contribution in [0.15, 0.2) is 18.3 Å². The van der Waals surface area contributed by atoms with Crippen LogP contribution in [0.4, 0.5) is 11.5 Å². The fourth-order valence-corrected chi connectivity index (χ4v) is 2.96. The van der Waals surface area contributed by atoms with Crippen molar-refractivity contribution in [2.75, 3.05) is 43.1 Å². The summed E-state index contributed by atoms with van der Waals surface area (Å²) in [7, 11) is 0. The largest absolute Gasteiger partial charge is 0.378 e. The first-order chi connectivity index (χ1) is 10.7. The average Bonchev–Trinajstić information content (AvgIpc) is 2.57. The van der Waals surface area contributed by atoms with Crippen molar-refractivity contribution in [3.8, 4) is 0 Å². The molecule has 1 atom stereocenters. The molecule has 2 aliphatic rings. The Kier molecular flexibility index (Phi) is 4.59. The molecule has 1 aromatic rings. The minimum atomic E-state index is -0.471. The molecule has 3 rings (SSSR count). The highest BCUT2D eigenvalue weighted by Crippen LogP contribution is 2.21. The third-order valence-corrected chi connectivity index (χ3v) is 4.46. The number of amides is 1. The third kappa shape index (κ3) is 3.39. The Labute approximate surface area is 131 Å². The van der Waals surface area contributed by atoms with Crippen LogP contribution in [-0.2, 0) is 9.53 Å². The average molecular weight is 304 g/mol. The van der Waals surface area contributed by atoms with Crippen molar-refractivity contribution in [2.45, 2.75) is 31.7 Å². The zero-order chi connectivity index (χ0) is 15.4. The lowest BCUT2D eigenvalue weighted by atomic mass is 9.90. The van der Waals surface area contributed by atoms with E-state index >= 15 is 0 Å². The summed E-state index contributed by atoms with van der Waals surface area (Å²) >= 11 is 0. The van der Waals surface area contributed by atoms with Gasteiger partial charge in [-0.1, -0.05) is 0 Å². The zero-order valence-corrected chi connectivity index (χ0v) is 13.1. The predicted molar refractivity (Wildman–Crippen MR) is 86.2 cm³/mol.